The summed E-state index contributed by atoms with van der Waals surface area (Å²) < 4.78 is 2.09. The number of allylic oxidation sites excluding steroid dienone is 1. The van der Waals surface area contributed by atoms with Crippen LogP contribution < -0.4 is 5.32 Å². The molecule has 0 amide bonds. The molecule has 0 bridgehead atoms. The number of hydrogen-bond donors (Lipinski definition) is 1. The van der Waals surface area contributed by atoms with E-state index >= 15 is 0 Å². The van der Waals surface area contributed by atoms with Crippen LogP contribution in [0.3, 0.4) is 0 Å². The fourth-order valence-corrected chi connectivity index (χ4v) is 2.26. The molecule has 1 fully saturated rings. The number of nitrogens with one attached hydrogen (secondary N) is 1. The zero-order chi connectivity index (χ0) is 10.7. The summed E-state index contributed by atoms with van der Waals surface area (Å²) in [7, 11) is 0. The predicted octanol–water partition coefficient (Wildman–Crippen LogP) is 2.67. The minimum atomic E-state index is 0.603. The molecule has 1 saturated carbocycles. The Labute approximate surface area is 91.2 Å². The van der Waals surface area contributed by atoms with Gasteiger partial charge in [0.2, 0.25) is 5.95 Å². The normalized spacial score (nSPS) is 25.4. The van der Waals surface area contributed by atoms with Gasteiger partial charge in [-0.05, 0) is 25.2 Å². The maximum atomic E-state index is 4.33. The van der Waals surface area contributed by atoms with Crippen molar-refractivity contribution in [2.45, 2.75) is 38.8 Å². The third-order valence-corrected chi connectivity index (χ3v) is 3.07. The van der Waals surface area contributed by atoms with E-state index in [9.17, 15) is 0 Å². The van der Waals surface area contributed by atoms with Crippen molar-refractivity contribution in [1.29, 1.82) is 0 Å². The van der Waals surface area contributed by atoms with E-state index in [1.165, 1.54) is 19.3 Å². The Kier molecular flexibility index (Phi) is 3.09. The van der Waals surface area contributed by atoms with E-state index in [0.717, 1.165) is 18.4 Å². The Bertz CT molecular complexity index is 329. The van der Waals surface area contributed by atoms with E-state index in [-0.39, 0.29) is 0 Å². The smallest absolute Gasteiger partial charge is 0.203 e. The number of imidazole rings is 1. The Hall–Kier alpha value is -1.25. The summed E-state index contributed by atoms with van der Waals surface area (Å²) in [5.41, 5.74) is 0. The van der Waals surface area contributed by atoms with Crippen LogP contribution in [0.2, 0.25) is 0 Å². The average Bonchev–Trinajstić information content (AvgIpc) is 2.78. The predicted molar refractivity (Wildman–Crippen MR) is 62.8 cm³/mol. The molecule has 2 unspecified atom stereocenters. The lowest BCUT2D eigenvalue weighted by Gasteiger charge is -2.14. The number of hydrogen-bond acceptors (Lipinski definition) is 2. The standard InChI is InChI=1S/C12H19N3/c1-3-7-15-8-6-13-12(15)14-11-5-4-10(2)9-11/h3,6,8,10-11H,1,4-5,7,9H2,2H3,(H,13,14). The fourth-order valence-electron chi connectivity index (χ4n) is 2.26. The first-order valence-corrected chi connectivity index (χ1v) is 5.68. The Balaban J connectivity index is 1.97. The van der Waals surface area contributed by atoms with Crippen molar-refractivity contribution in [3.63, 3.8) is 0 Å². The molecule has 0 aliphatic heterocycles. The van der Waals surface area contributed by atoms with Crippen molar-refractivity contribution >= 4 is 5.95 Å². The largest absolute Gasteiger partial charge is 0.353 e. The molecule has 1 N–H and O–H groups in total. The molecular formula is C12H19N3. The fraction of sp³-hybridized carbons (Fsp3) is 0.583. The van der Waals surface area contributed by atoms with Crippen molar-refractivity contribution < 1.29 is 0 Å². The van der Waals surface area contributed by atoms with Crippen LogP contribution in [0.25, 0.3) is 0 Å². The third kappa shape index (κ3) is 2.41. The maximum Gasteiger partial charge on any atom is 0.203 e. The van der Waals surface area contributed by atoms with Gasteiger partial charge >= 0.3 is 0 Å². The Morgan fingerprint density at radius 2 is 2.53 bits per heavy atom. The van der Waals surface area contributed by atoms with Gasteiger partial charge in [-0.2, -0.15) is 0 Å². The first kappa shape index (κ1) is 10.3. The van der Waals surface area contributed by atoms with Crippen molar-refractivity contribution in [2.75, 3.05) is 5.32 Å². The van der Waals surface area contributed by atoms with Crippen LogP contribution in [0.1, 0.15) is 26.2 Å². The summed E-state index contributed by atoms with van der Waals surface area (Å²) in [6.07, 6.45) is 9.58. The highest BCUT2D eigenvalue weighted by molar-refractivity contribution is 5.28. The van der Waals surface area contributed by atoms with Crippen LogP contribution >= 0.6 is 0 Å². The number of nitrogens with zero attached hydrogens (tertiary/aromatic N) is 2. The summed E-state index contributed by atoms with van der Waals surface area (Å²) in [6.45, 7) is 6.89. The first-order chi connectivity index (χ1) is 7.29. The van der Waals surface area contributed by atoms with Gasteiger partial charge in [0.05, 0.1) is 0 Å². The third-order valence-electron chi connectivity index (χ3n) is 3.07. The van der Waals surface area contributed by atoms with Gasteiger partial charge in [0.1, 0.15) is 0 Å². The summed E-state index contributed by atoms with van der Waals surface area (Å²) in [5.74, 6) is 1.83. The molecule has 1 heterocycles. The molecule has 1 aromatic heterocycles. The second kappa shape index (κ2) is 4.51. The number of aromatic nitrogens is 2. The van der Waals surface area contributed by atoms with E-state index in [1.54, 1.807) is 0 Å². The van der Waals surface area contributed by atoms with Crippen LogP contribution in [0, 0.1) is 5.92 Å². The van der Waals surface area contributed by atoms with Gasteiger partial charge in [-0.25, -0.2) is 4.98 Å². The van der Waals surface area contributed by atoms with E-state index < -0.39 is 0 Å². The molecule has 2 atom stereocenters. The van der Waals surface area contributed by atoms with Gasteiger partial charge in [0.25, 0.3) is 0 Å². The molecular weight excluding hydrogens is 186 g/mol. The second-order valence-electron chi connectivity index (χ2n) is 4.45. The SMILES string of the molecule is C=CCn1ccnc1NC1CCC(C)C1. The molecule has 2 rings (SSSR count). The van der Waals surface area contributed by atoms with E-state index in [2.05, 4.69) is 28.4 Å². The Morgan fingerprint density at radius 3 is 3.20 bits per heavy atom. The minimum Gasteiger partial charge on any atom is -0.353 e. The van der Waals surface area contributed by atoms with Crippen LogP contribution in [0.5, 0.6) is 0 Å². The summed E-state index contributed by atoms with van der Waals surface area (Å²) in [4.78, 5) is 4.33. The van der Waals surface area contributed by atoms with E-state index in [0.29, 0.717) is 6.04 Å². The van der Waals surface area contributed by atoms with Crippen molar-refractivity contribution in [3.05, 3.63) is 25.0 Å². The monoisotopic (exact) mass is 205 g/mol. The minimum absolute atomic E-state index is 0.603. The Morgan fingerprint density at radius 1 is 1.67 bits per heavy atom. The molecule has 3 nitrogen and oxygen atoms in total. The van der Waals surface area contributed by atoms with Crippen molar-refractivity contribution in [3.8, 4) is 0 Å². The highest BCUT2D eigenvalue weighted by Gasteiger charge is 2.21. The summed E-state index contributed by atoms with van der Waals surface area (Å²) in [6, 6.07) is 0.603. The quantitative estimate of drug-likeness (QED) is 0.766. The highest BCUT2D eigenvalue weighted by Crippen LogP contribution is 2.26. The zero-order valence-electron chi connectivity index (χ0n) is 9.32. The lowest BCUT2D eigenvalue weighted by molar-refractivity contribution is 0.600. The van der Waals surface area contributed by atoms with Crippen LogP contribution in [0.15, 0.2) is 25.0 Å². The maximum absolute atomic E-state index is 4.33. The lowest BCUT2D eigenvalue weighted by atomic mass is 10.1. The highest BCUT2D eigenvalue weighted by atomic mass is 15.2. The second-order valence-corrected chi connectivity index (χ2v) is 4.45. The van der Waals surface area contributed by atoms with E-state index in [1.807, 2.05) is 18.5 Å². The van der Waals surface area contributed by atoms with Gasteiger partial charge in [-0.1, -0.05) is 13.0 Å². The van der Waals surface area contributed by atoms with Crippen molar-refractivity contribution in [2.24, 2.45) is 5.92 Å². The molecule has 0 spiro atoms. The molecule has 0 saturated heterocycles. The molecule has 1 aromatic rings. The van der Waals surface area contributed by atoms with Crippen LogP contribution in [-0.2, 0) is 6.54 Å². The topological polar surface area (TPSA) is 29.9 Å². The molecule has 15 heavy (non-hydrogen) atoms. The molecule has 0 radical (unpaired) electrons. The number of anilines is 1. The molecule has 1 aliphatic carbocycles. The van der Waals surface area contributed by atoms with Gasteiger partial charge < -0.3 is 9.88 Å². The van der Waals surface area contributed by atoms with Gasteiger partial charge in [0.15, 0.2) is 0 Å². The van der Waals surface area contributed by atoms with Crippen molar-refractivity contribution in [1.82, 2.24) is 9.55 Å². The molecule has 82 valence electrons. The van der Waals surface area contributed by atoms with Crippen LogP contribution in [0.4, 0.5) is 5.95 Å². The van der Waals surface area contributed by atoms with E-state index in [4.69, 9.17) is 0 Å². The van der Waals surface area contributed by atoms with Gasteiger partial charge in [0, 0.05) is 25.0 Å². The molecule has 3 heteroatoms. The zero-order valence-corrected chi connectivity index (χ0v) is 9.32. The molecule has 1 aliphatic rings. The van der Waals surface area contributed by atoms with Gasteiger partial charge in [-0.3, -0.25) is 0 Å². The number of rotatable bonds is 4. The first-order valence-electron chi connectivity index (χ1n) is 5.68. The lowest BCUT2D eigenvalue weighted by Crippen LogP contribution is -2.18. The molecule has 0 aromatic carbocycles. The summed E-state index contributed by atoms with van der Waals surface area (Å²) >= 11 is 0. The summed E-state index contributed by atoms with van der Waals surface area (Å²) in [5, 5.41) is 3.51. The average molecular weight is 205 g/mol. The van der Waals surface area contributed by atoms with Gasteiger partial charge in [-0.15, -0.1) is 6.58 Å². The van der Waals surface area contributed by atoms with Crippen LogP contribution in [-0.4, -0.2) is 15.6 Å².